The molecule has 8 heteroatoms. The SMILES string of the molecule is CN(C)CCNC(=O)CO/N=C1/C=C2CCC3C(CC[C@]4(C)[C@@H](c5ccc(=O)oc5)CC[C@]34O)[C@@]2(C)CC1. The standard InChI is InChI=1S/C30H43N3O5/c1-28-12-9-22(32-38-19-26(34)31-15-16-33(3)4)17-21(28)6-7-25-24(28)10-13-29(2)23(11-14-30(25,29)36)20-5-8-27(35)37-18-20/h5,8,17-18,23-25,36H,6-7,9-16,19H2,1-4H3,(H,31,34)/b32-22+/t23-,24?,25?,28+,29-,30+/m1/s1. The van der Waals surface area contributed by atoms with Gasteiger partial charge in [-0.05, 0) is 106 Å². The summed E-state index contributed by atoms with van der Waals surface area (Å²) < 4.78 is 5.21. The third kappa shape index (κ3) is 4.64. The summed E-state index contributed by atoms with van der Waals surface area (Å²) >= 11 is 0. The normalized spacial score (nSPS) is 37.3. The summed E-state index contributed by atoms with van der Waals surface area (Å²) in [5.41, 5.74) is 2.12. The third-order valence-electron chi connectivity index (χ3n) is 10.5. The molecule has 4 aliphatic carbocycles. The van der Waals surface area contributed by atoms with Gasteiger partial charge >= 0.3 is 5.63 Å². The highest BCUT2D eigenvalue weighted by atomic mass is 16.6. The molecule has 0 spiro atoms. The predicted octanol–water partition coefficient (Wildman–Crippen LogP) is 3.85. The Balaban J connectivity index is 1.27. The van der Waals surface area contributed by atoms with Crippen molar-refractivity contribution in [1.82, 2.24) is 10.2 Å². The number of hydrogen-bond donors (Lipinski definition) is 2. The molecule has 6 atom stereocenters. The first-order valence-electron chi connectivity index (χ1n) is 14.2. The molecule has 3 saturated carbocycles. The predicted molar refractivity (Wildman–Crippen MR) is 146 cm³/mol. The zero-order valence-electron chi connectivity index (χ0n) is 23.3. The smallest absolute Gasteiger partial charge is 0.335 e. The van der Waals surface area contributed by atoms with E-state index in [1.165, 1.54) is 11.6 Å². The minimum absolute atomic E-state index is 0.0418. The molecular weight excluding hydrogens is 482 g/mol. The summed E-state index contributed by atoms with van der Waals surface area (Å²) in [5, 5.41) is 19.5. The number of fused-ring (bicyclic) bond motifs is 5. The van der Waals surface area contributed by atoms with Crippen LogP contribution in [0.1, 0.15) is 76.7 Å². The van der Waals surface area contributed by atoms with Gasteiger partial charge in [-0.15, -0.1) is 0 Å². The van der Waals surface area contributed by atoms with Crippen LogP contribution in [0.15, 0.2) is 44.4 Å². The molecule has 1 heterocycles. The molecular formula is C30H43N3O5. The molecule has 2 unspecified atom stereocenters. The van der Waals surface area contributed by atoms with E-state index in [0.29, 0.717) is 12.5 Å². The quantitative estimate of drug-likeness (QED) is 0.524. The van der Waals surface area contributed by atoms with Gasteiger partial charge < -0.3 is 24.6 Å². The Morgan fingerprint density at radius 1 is 1.16 bits per heavy atom. The van der Waals surface area contributed by atoms with Crippen molar-refractivity contribution in [3.63, 3.8) is 0 Å². The van der Waals surface area contributed by atoms with Crippen LogP contribution in [0.25, 0.3) is 0 Å². The van der Waals surface area contributed by atoms with Gasteiger partial charge in [-0.1, -0.05) is 24.6 Å². The maximum absolute atomic E-state index is 12.4. The molecule has 3 fully saturated rings. The fourth-order valence-electron chi connectivity index (χ4n) is 8.36. The number of amides is 1. The molecule has 5 rings (SSSR count). The summed E-state index contributed by atoms with van der Waals surface area (Å²) in [4.78, 5) is 31.0. The lowest BCUT2D eigenvalue weighted by Gasteiger charge is -2.61. The lowest BCUT2D eigenvalue weighted by Crippen LogP contribution is -2.60. The molecule has 0 aliphatic heterocycles. The Morgan fingerprint density at radius 3 is 2.71 bits per heavy atom. The minimum atomic E-state index is -0.720. The number of likely N-dealkylation sites (N-methyl/N-ethyl adjacent to an activating group) is 1. The largest absolute Gasteiger partial charge is 0.431 e. The number of aliphatic hydroxyl groups is 1. The highest BCUT2D eigenvalue weighted by Crippen LogP contribution is 2.69. The molecule has 1 aromatic rings. The number of oxime groups is 1. The van der Waals surface area contributed by atoms with Gasteiger partial charge in [-0.2, -0.15) is 0 Å². The van der Waals surface area contributed by atoms with Crippen LogP contribution in [-0.4, -0.2) is 61.0 Å². The third-order valence-corrected chi connectivity index (χ3v) is 10.5. The van der Waals surface area contributed by atoms with Gasteiger partial charge in [-0.25, -0.2) is 4.79 Å². The van der Waals surface area contributed by atoms with Gasteiger partial charge in [0.25, 0.3) is 5.91 Å². The average molecular weight is 526 g/mol. The molecule has 38 heavy (non-hydrogen) atoms. The van der Waals surface area contributed by atoms with E-state index in [0.717, 1.165) is 69.2 Å². The van der Waals surface area contributed by atoms with Crippen LogP contribution in [0.4, 0.5) is 0 Å². The van der Waals surface area contributed by atoms with Crippen molar-refractivity contribution < 1.29 is 19.2 Å². The molecule has 208 valence electrons. The van der Waals surface area contributed by atoms with E-state index in [1.807, 2.05) is 25.1 Å². The van der Waals surface area contributed by atoms with Crippen LogP contribution in [0.5, 0.6) is 0 Å². The second-order valence-corrected chi connectivity index (χ2v) is 12.7. The van der Waals surface area contributed by atoms with Crippen molar-refractivity contribution in [1.29, 1.82) is 0 Å². The van der Waals surface area contributed by atoms with Crippen LogP contribution in [-0.2, 0) is 9.63 Å². The maximum Gasteiger partial charge on any atom is 0.335 e. The molecule has 1 aromatic heterocycles. The van der Waals surface area contributed by atoms with Crippen LogP contribution >= 0.6 is 0 Å². The average Bonchev–Trinajstić information content (AvgIpc) is 3.15. The van der Waals surface area contributed by atoms with Crippen molar-refractivity contribution >= 4 is 11.6 Å². The van der Waals surface area contributed by atoms with E-state index in [4.69, 9.17) is 9.25 Å². The number of rotatable bonds is 7. The monoisotopic (exact) mass is 525 g/mol. The van der Waals surface area contributed by atoms with E-state index in [1.54, 1.807) is 6.26 Å². The van der Waals surface area contributed by atoms with E-state index < -0.39 is 5.60 Å². The lowest BCUT2D eigenvalue weighted by atomic mass is 9.45. The number of nitrogens with zero attached hydrogens (tertiary/aromatic N) is 2. The minimum Gasteiger partial charge on any atom is -0.431 e. The summed E-state index contributed by atoms with van der Waals surface area (Å²) in [6, 6.07) is 3.39. The number of carbonyl (C=O) groups excluding carboxylic acids is 1. The number of allylic oxidation sites excluding steroid dienone is 2. The van der Waals surface area contributed by atoms with Gasteiger partial charge in [0, 0.05) is 24.6 Å². The van der Waals surface area contributed by atoms with Gasteiger partial charge in [0.05, 0.1) is 17.6 Å². The summed E-state index contributed by atoms with van der Waals surface area (Å²) in [7, 11) is 3.94. The van der Waals surface area contributed by atoms with Gasteiger partial charge in [0.1, 0.15) is 0 Å². The zero-order valence-corrected chi connectivity index (χ0v) is 23.3. The molecule has 2 N–H and O–H groups in total. The van der Waals surface area contributed by atoms with Crippen molar-refractivity contribution in [2.45, 2.75) is 76.7 Å². The van der Waals surface area contributed by atoms with Crippen molar-refractivity contribution in [2.75, 3.05) is 33.8 Å². The van der Waals surface area contributed by atoms with E-state index in [-0.39, 0.29) is 40.8 Å². The fraction of sp³-hybridized carbons (Fsp3) is 0.700. The van der Waals surface area contributed by atoms with Crippen LogP contribution in [0.2, 0.25) is 0 Å². The number of carbonyl (C=O) groups is 1. The summed E-state index contributed by atoms with van der Waals surface area (Å²) in [5.74, 6) is 0.726. The number of hydrogen-bond acceptors (Lipinski definition) is 7. The van der Waals surface area contributed by atoms with Crippen molar-refractivity contribution in [3.8, 4) is 0 Å². The van der Waals surface area contributed by atoms with Crippen molar-refractivity contribution in [2.24, 2.45) is 27.8 Å². The van der Waals surface area contributed by atoms with Gasteiger partial charge in [0.2, 0.25) is 0 Å². The maximum atomic E-state index is 12.4. The summed E-state index contributed by atoms with van der Waals surface area (Å²) in [6.45, 7) is 5.95. The van der Waals surface area contributed by atoms with Crippen LogP contribution in [0.3, 0.4) is 0 Å². The molecule has 1 amide bonds. The molecule has 0 saturated heterocycles. The highest BCUT2D eigenvalue weighted by Gasteiger charge is 2.66. The molecule has 0 aromatic carbocycles. The molecule has 8 nitrogen and oxygen atoms in total. The van der Waals surface area contributed by atoms with Gasteiger partial charge in [0.15, 0.2) is 6.61 Å². The first kappa shape index (κ1) is 27.1. The molecule has 4 aliphatic rings. The zero-order chi connectivity index (χ0) is 27.1. The molecule has 0 bridgehead atoms. The fourth-order valence-corrected chi connectivity index (χ4v) is 8.36. The summed E-state index contributed by atoms with van der Waals surface area (Å²) in [6.07, 6.45) is 11.3. The Hall–Kier alpha value is -2.45. The second kappa shape index (κ2) is 10.3. The van der Waals surface area contributed by atoms with E-state index in [2.05, 4.69) is 30.4 Å². The second-order valence-electron chi connectivity index (χ2n) is 12.7. The van der Waals surface area contributed by atoms with E-state index >= 15 is 0 Å². The topological polar surface area (TPSA) is 104 Å². The van der Waals surface area contributed by atoms with E-state index in [9.17, 15) is 14.7 Å². The Kier molecular flexibility index (Phi) is 7.33. The number of nitrogens with one attached hydrogen (secondary N) is 1. The molecule has 0 radical (unpaired) electrons. The Bertz CT molecular complexity index is 1150. The highest BCUT2D eigenvalue weighted by molar-refractivity contribution is 5.96. The van der Waals surface area contributed by atoms with Crippen LogP contribution < -0.4 is 10.9 Å². The Morgan fingerprint density at radius 2 is 1.97 bits per heavy atom. The Labute approximate surface area is 225 Å². The first-order chi connectivity index (χ1) is 18.1. The van der Waals surface area contributed by atoms with Gasteiger partial charge in [-0.3, -0.25) is 4.79 Å². The van der Waals surface area contributed by atoms with Crippen LogP contribution in [0, 0.1) is 22.7 Å². The first-order valence-corrected chi connectivity index (χ1v) is 14.2. The van der Waals surface area contributed by atoms with Crippen molar-refractivity contribution in [3.05, 3.63) is 46.0 Å². The lowest BCUT2D eigenvalue weighted by molar-refractivity contribution is -0.176.